The maximum atomic E-state index is 12.3. The number of benzene rings is 1. The molecule has 0 aliphatic rings. The molecule has 0 N–H and O–H groups in total. The number of aryl methyl sites for hydroxylation is 1. The van der Waals surface area contributed by atoms with Crippen molar-refractivity contribution in [3.8, 4) is 0 Å². The Bertz CT molecular complexity index is 744. The molecule has 0 atom stereocenters. The van der Waals surface area contributed by atoms with Crippen molar-refractivity contribution in [1.29, 1.82) is 0 Å². The smallest absolute Gasteiger partial charge is 0.246 e. The lowest BCUT2D eigenvalue weighted by molar-refractivity contribution is -0.126. The molecular formula is C17H22ClN5O2. The van der Waals surface area contributed by atoms with Crippen LogP contribution in [0.5, 0.6) is 0 Å². The molecular weight excluding hydrogens is 342 g/mol. The molecule has 0 saturated heterocycles. The first-order valence-corrected chi connectivity index (χ1v) is 8.40. The zero-order valence-electron chi connectivity index (χ0n) is 14.6. The zero-order chi connectivity index (χ0) is 18.2. The first-order chi connectivity index (χ1) is 12.0. The van der Waals surface area contributed by atoms with Crippen LogP contribution in [0.3, 0.4) is 0 Å². The van der Waals surface area contributed by atoms with E-state index in [0.29, 0.717) is 37.1 Å². The van der Waals surface area contributed by atoms with Crippen LogP contribution in [-0.4, -0.2) is 57.8 Å². The number of amides is 1. The van der Waals surface area contributed by atoms with Gasteiger partial charge in [0, 0.05) is 31.3 Å². The highest BCUT2D eigenvalue weighted by atomic mass is 35.5. The molecule has 25 heavy (non-hydrogen) atoms. The Morgan fingerprint density at radius 2 is 2.24 bits per heavy atom. The molecule has 0 aliphatic carbocycles. The third-order valence-corrected chi connectivity index (χ3v) is 3.87. The lowest BCUT2D eigenvalue weighted by Crippen LogP contribution is -2.32. The Labute approximate surface area is 152 Å². The highest BCUT2D eigenvalue weighted by Gasteiger charge is 2.09. The number of ether oxygens (including phenoxy) is 1. The number of aromatic nitrogens is 4. The number of nitrogens with zero attached hydrogens (tertiary/aromatic N) is 5. The summed E-state index contributed by atoms with van der Waals surface area (Å²) < 4.78 is 5.03. The second kappa shape index (κ2) is 9.29. The van der Waals surface area contributed by atoms with Crippen LogP contribution in [0, 0.1) is 6.92 Å². The minimum Gasteiger partial charge on any atom is -0.383 e. The second-order valence-electron chi connectivity index (χ2n) is 5.45. The van der Waals surface area contributed by atoms with Gasteiger partial charge in [-0.25, -0.2) is 0 Å². The van der Waals surface area contributed by atoms with Crippen LogP contribution in [0.2, 0.25) is 5.02 Å². The first-order valence-electron chi connectivity index (χ1n) is 8.02. The summed E-state index contributed by atoms with van der Waals surface area (Å²) in [5, 5.41) is 12.6. The van der Waals surface area contributed by atoms with E-state index in [4.69, 9.17) is 16.3 Å². The third kappa shape index (κ3) is 5.65. The SMILES string of the molecule is CCN(CCOC)C(=O)/C=C/c1ccc(Cl)cc1Cn1nnc(C)n1. The van der Waals surface area contributed by atoms with Gasteiger partial charge in [0.05, 0.1) is 13.2 Å². The molecule has 0 aliphatic heterocycles. The minimum atomic E-state index is -0.0600. The molecule has 0 unspecified atom stereocenters. The zero-order valence-corrected chi connectivity index (χ0v) is 15.4. The molecule has 0 radical (unpaired) electrons. The van der Waals surface area contributed by atoms with Gasteiger partial charge in [0.2, 0.25) is 5.91 Å². The Balaban J connectivity index is 2.16. The number of hydrogen-bond acceptors (Lipinski definition) is 5. The van der Waals surface area contributed by atoms with Gasteiger partial charge in [0.15, 0.2) is 5.82 Å². The number of methoxy groups -OCH3 is 1. The van der Waals surface area contributed by atoms with Crippen molar-refractivity contribution in [1.82, 2.24) is 25.1 Å². The van der Waals surface area contributed by atoms with Gasteiger partial charge < -0.3 is 9.64 Å². The molecule has 0 fully saturated rings. The van der Waals surface area contributed by atoms with Crippen LogP contribution in [0.1, 0.15) is 23.9 Å². The standard InChI is InChI=1S/C17H22ClN5O2/c1-4-22(9-10-25-3)17(24)8-6-14-5-7-16(18)11-15(14)12-23-20-13(2)19-21-23/h5-8,11H,4,9-10,12H2,1-3H3/b8-6+. The van der Waals surface area contributed by atoms with Crippen molar-refractivity contribution in [2.75, 3.05) is 26.8 Å². The molecule has 7 nitrogen and oxygen atoms in total. The van der Waals surface area contributed by atoms with Crippen LogP contribution < -0.4 is 0 Å². The van der Waals surface area contributed by atoms with Gasteiger partial charge in [0.25, 0.3) is 0 Å². The Kier molecular flexibility index (Phi) is 7.09. The lowest BCUT2D eigenvalue weighted by atomic mass is 10.1. The summed E-state index contributed by atoms with van der Waals surface area (Å²) in [4.78, 5) is 15.5. The van der Waals surface area contributed by atoms with E-state index in [0.717, 1.165) is 11.1 Å². The largest absolute Gasteiger partial charge is 0.383 e. The number of halogens is 1. The Morgan fingerprint density at radius 1 is 1.44 bits per heavy atom. The number of likely N-dealkylation sites (N-methyl/N-ethyl adjacent to an activating group) is 1. The fraction of sp³-hybridized carbons (Fsp3) is 0.412. The summed E-state index contributed by atoms with van der Waals surface area (Å²) in [5.41, 5.74) is 1.80. The van der Waals surface area contributed by atoms with Gasteiger partial charge in [-0.2, -0.15) is 4.80 Å². The molecule has 2 aromatic rings. The third-order valence-electron chi connectivity index (χ3n) is 3.63. The summed E-state index contributed by atoms with van der Waals surface area (Å²) in [7, 11) is 1.62. The van der Waals surface area contributed by atoms with Crippen molar-refractivity contribution in [2.24, 2.45) is 0 Å². The summed E-state index contributed by atoms with van der Waals surface area (Å²) in [6, 6.07) is 5.50. The number of rotatable bonds is 8. The number of tetrazole rings is 1. The Morgan fingerprint density at radius 3 is 2.88 bits per heavy atom. The molecule has 0 bridgehead atoms. The van der Waals surface area contributed by atoms with E-state index in [9.17, 15) is 4.79 Å². The maximum Gasteiger partial charge on any atom is 0.246 e. The average molecular weight is 364 g/mol. The second-order valence-corrected chi connectivity index (χ2v) is 5.89. The first kappa shape index (κ1) is 19.1. The van der Waals surface area contributed by atoms with Crippen LogP contribution in [0.4, 0.5) is 0 Å². The van der Waals surface area contributed by atoms with E-state index in [-0.39, 0.29) is 5.91 Å². The van der Waals surface area contributed by atoms with E-state index in [1.165, 1.54) is 4.80 Å². The van der Waals surface area contributed by atoms with E-state index >= 15 is 0 Å². The summed E-state index contributed by atoms with van der Waals surface area (Å²) >= 11 is 6.10. The monoisotopic (exact) mass is 363 g/mol. The van der Waals surface area contributed by atoms with Gasteiger partial charge >= 0.3 is 0 Å². The summed E-state index contributed by atoms with van der Waals surface area (Å²) in [6.45, 7) is 5.84. The van der Waals surface area contributed by atoms with Crippen LogP contribution in [-0.2, 0) is 16.1 Å². The summed E-state index contributed by atoms with van der Waals surface area (Å²) in [6.07, 6.45) is 3.35. The lowest BCUT2D eigenvalue weighted by Gasteiger charge is -2.18. The van der Waals surface area contributed by atoms with Crippen LogP contribution in [0.15, 0.2) is 24.3 Å². The highest BCUT2D eigenvalue weighted by Crippen LogP contribution is 2.18. The molecule has 2 rings (SSSR count). The Hall–Kier alpha value is -2.25. The molecule has 0 spiro atoms. The topological polar surface area (TPSA) is 73.1 Å². The van der Waals surface area contributed by atoms with Crippen molar-refractivity contribution < 1.29 is 9.53 Å². The van der Waals surface area contributed by atoms with Crippen molar-refractivity contribution >= 4 is 23.6 Å². The van der Waals surface area contributed by atoms with Gasteiger partial charge in [-0.1, -0.05) is 17.7 Å². The molecule has 1 heterocycles. The maximum absolute atomic E-state index is 12.3. The predicted molar refractivity (Wildman–Crippen MR) is 96.3 cm³/mol. The van der Waals surface area contributed by atoms with E-state index in [1.54, 1.807) is 37.2 Å². The molecule has 8 heteroatoms. The average Bonchev–Trinajstić information content (AvgIpc) is 2.99. The van der Waals surface area contributed by atoms with Crippen molar-refractivity contribution in [2.45, 2.75) is 20.4 Å². The van der Waals surface area contributed by atoms with E-state index in [1.807, 2.05) is 19.1 Å². The molecule has 134 valence electrons. The van der Waals surface area contributed by atoms with Gasteiger partial charge in [-0.3, -0.25) is 4.79 Å². The van der Waals surface area contributed by atoms with Gasteiger partial charge in [-0.15, -0.1) is 10.2 Å². The van der Waals surface area contributed by atoms with E-state index < -0.39 is 0 Å². The van der Waals surface area contributed by atoms with Crippen molar-refractivity contribution in [3.63, 3.8) is 0 Å². The molecule has 1 aromatic carbocycles. The molecule has 1 aromatic heterocycles. The normalized spacial score (nSPS) is 11.2. The van der Waals surface area contributed by atoms with E-state index in [2.05, 4.69) is 15.4 Å². The summed E-state index contributed by atoms with van der Waals surface area (Å²) in [5.74, 6) is 0.543. The van der Waals surface area contributed by atoms with Gasteiger partial charge in [0.1, 0.15) is 0 Å². The quantitative estimate of drug-likeness (QED) is 0.672. The number of hydrogen-bond donors (Lipinski definition) is 0. The van der Waals surface area contributed by atoms with Gasteiger partial charge in [-0.05, 0) is 48.4 Å². The minimum absolute atomic E-state index is 0.0600. The number of carbonyl (C=O) groups excluding carboxylic acids is 1. The van der Waals surface area contributed by atoms with Crippen LogP contribution >= 0.6 is 11.6 Å². The van der Waals surface area contributed by atoms with Crippen LogP contribution in [0.25, 0.3) is 6.08 Å². The predicted octanol–water partition coefficient (Wildman–Crippen LogP) is 2.19. The number of carbonyl (C=O) groups is 1. The molecule has 0 saturated carbocycles. The fourth-order valence-electron chi connectivity index (χ4n) is 2.31. The highest BCUT2D eigenvalue weighted by molar-refractivity contribution is 6.30. The molecule has 1 amide bonds. The van der Waals surface area contributed by atoms with Crippen molar-refractivity contribution in [3.05, 3.63) is 46.2 Å². The fourth-order valence-corrected chi connectivity index (χ4v) is 2.50.